The molecule has 1 aliphatic rings. The van der Waals surface area contributed by atoms with Gasteiger partial charge in [0.2, 0.25) is 5.91 Å². The van der Waals surface area contributed by atoms with Crippen LogP contribution in [0.3, 0.4) is 0 Å². The number of hydrogen-bond donors (Lipinski definition) is 3. The summed E-state index contributed by atoms with van der Waals surface area (Å²) in [4.78, 5) is 11.7. The maximum absolute atomic E-state index is 11.7. The Kier molecular flexibility index (Phi) is 6.21. The second-order valence-electron chi connectivity index (χ2n) is 5.17. The number of allylic oxidation sites excluding steroid dienone is 2. The van der Waals surface area contributed by atoms with Gasteiger partial charge in [0.25, 0.3) is 0 Å². The van der Waals surface area contributed by atoms with Gasteiger partial charge in [-0.05, 0) is 48.7 Å². The molecule has 6 heteroatoms. The highest BCUT2D eigenvalue weighted by Gasteiger charge is 2.13. The minimum atomic E-state index is -0.0508. The van der Waals surface area contributed by atoms with Crippen LogP contribution in [0.5, 0.6) is 5.75 Å². The maximum atomic E-state index is 11.7. The Morgan fingerprint density at radius 2 is 2.09 bits per heavy atom. The normalized spacial score (nSPS) is 16.1. The van der Waals surface area contributed by atoms with E-state index in [-0.39, 0.29) is 5.91 Å². The van der Waals surface area contributed by atoms with Gasteiger partial charge in [0, 0.05) is 13.0 Å². The largest absolute Gasteiger partial charge is 0.497 e. The van der Waals surface area contributed by atoms with Crippen LogP contribution in [-0.2, 0) is 11.3 Å². The van der Waals surface area contributed by atoms with Gasteiger partial charge in [-0.3, -0.25) is 15.6 Å². The highest BCUT2D eigenvalue weighted by atomic mass is 32.1. The number of amides is 1. The van der Waals surface area contributed by atoms with Crippen molar-refractivity contribution < 1.29 is 9.53 Å². The summed E-state index contributed by atoms with van der Waals surface area (Å²) in [5, 5.41) is 3.43. The number of hydrazine groups is 1. The van der Waals surface area contributed by atoms with Crippen LogP contribution in [-0.4, -0.2) is 18.1 Å². The second kappa shape index (κ2) is 8.38. The Labute approximate surface area is 136 Å². The molecule has 0 aromatic heterocycles. The molecule has 118 valence electrons. The summed E-state index contributed by atoms with van der Waals surface area (Å²) in [6, 6.07) is 7.70. The number of rotatable bonds is 5. The molecule has 1 aliphatic carbocycles. The van der Waals surface area contributed by atoms with Gasteiger partial charge in [0.1, 0.15) is 5.75 Å². The van der Waals surface area contributed by atoms with E-state index in [1.54, 1.807) is 7.11 Å². The Morgan fingerprint density at radius 3 is 2.73 bits per heavy atom. The summed E-state index contributed by atoms with van der Waals surface area (Å²) < 4.78 is 5.10. The molecule has 1 amide bonds. The van der Waals surface area contributed by atoms with E-state index < -0.39 is 0 Å². The van der Waals surface area contributed by atoms with Crippen LogP contribution >= 0.6 is 12.2 Å². The van der Waals surface area contributed by atoms with Gasteiger partial charge in [-0.2, -0.15) is 0 Å². The molecule has 0 spiro atoms. The molecule has 3 N–H and O–H groups in total. The lowest BCUT2D eigenvalue weighted by atomic mass is 10.1. The second-order valence-corrected chi connectivity index (χ2v) is 5.58. The van der Waals surface area contributed by atoms with E-state index in [1.165, 1.54) is 0 Å². The van der Waals surface area contributed by atoms with Crippen LogP contribution in [0, 0.1) is 5.92 Å². The van der Waals surface area contributed by atoms with Crippen LogP contribution < -0.4 is 20.9 Å². The lowest BCUT2D eigenvalue weighted by Gasteiger charge is -2.13. The third-order valence-corrected chi connectivity index (χ3v) is 3.73. The van der Waals surface area contributed by atoms with E-state index in [1.807, 2.05) is 24.3 Å². The number of benzene rings is 1. The summed E-state index contributed by atoms with van der Waals surface area (Å²) >= 11 is 5.13. The molecule has 5 nitrogen and oxygen atoms in total. The maximum Gasteiger partial charge on any atom is 0.238 e. The minimum absolute atomic E-state index is 0.0508. The van der Waals surface area contributed by atoms with E-state index in [2.05, 4.69) is 28.3 Å². The smallest absolute Gasteiger partial charge is 0.238 e. The fourth-order valence-corrected chi connectivity index (χ4v) is 2.37. The molecule has 0 aliphatic heterocycles. The van der Waals surface area contributed by atoms with E-state index in [9.17, 15) is 4.79 Å². The highest BCUT2D eigenvalue weighted by molar-refractivity contribution is 7.80. The zero-order valence-electron chi connectivity index (χ0n) is 12.6. The molecule has 0 saturated carbocycles. The van der Waals surface area contributed by atoms with Crippen molar-refractivity contribution in [3.8, 4) is 5.75 Å². The van der Waals surface area contributed by atoms with Crippen molar-refractivity contribution in [3.05, 3.63) is 42.0 Å². The standard InChI is InChI=1S/C16H21N3O2S/c1-21-14-8-6-13(7-9-14)11-17-16(22)19-18-15(20)10-12-4-2-3-5-12/h2,4,6-9,12H,3,5,10-11H2,1H3,(H,18,20)(H2,17,19,22)/t12-/m0/s1. The average molecular weight is 319 g/mol. The molecule has 1 atom stereocenters. The number of methoxy groups -OCH3 is 1. The molecule has 2 rings (SSSR count). The Morgan fingerprint density at radius 1 is 1.32 bits per heavy atom. The Bertz CT molecular complexity index is 543. The SMILES string of the molecule is COc1ccc(CNC(=S)NNC(=O)C[C@H]2C=CCC2)cc1. The molecule has 1 aromatic rings. The monoisotopic (exact) mass is 319 g/mol. The zero-order chi connectivity index (χ0) is 15.8. The topological polar surface area (TPSA) is 62.4 Å². The lowest BCUT2D eigenvalue weighted by molar-refractivity contribution is -0.122. The van der Waals surface area contributed by atoms with Gasteiger partial charge in [0.15, 0.2) is 5.11 Å². The van der Waals surface area contributed by atoms with Crippen molar-refractivity contribution in [2.24, 2.45) is 5.92 Å². The van der Waals surface area contributed by atoms with Crippen molar-refractivity contribution in [2.45, 2.75) is 25.8 Å². The molecule has 0 saturated heterocycles. The van der Waals surface area contributed by atoms with E-state index in [0.29, 0.717) is 24.0 Å². The minimum Gasteiger partial charge on any atom is -0.497 e. The van der Waals surface area contributed by atoms with Gasteiger partial charge in [-0.15, -0.1) is 0 Å². The number of carbonyl (C=O) groups is 1. The first-order chi connectivity index (χ1) is 10.7. The van der Waals surface area contributed by atoms with Crippen molar-refractivity contribution >= 4 is 23.2 Å². The van der Waals surface area contributed by atoms with Crippen LogP contribution in [0.15, 0.2) is 36.4 Å². The molecule has 0 bridgehead atoms. The summed E-state index contributed by atoms with van der Waals surface area (Å²) in [5.74, 6) is 1.12. The Balaban J connectivity index is 1.64. The third kappa shape index (κ3) is 5.37. The molecular formula is C16H21N3O2S. The number of thiocarbonyl (C=S) groups is 1. The van der Waals surface area contributed by atoms with Gasteiger partial charge >= 0.3 is 0 Å². The first-order valence-corrected chi connectivity index (χ1v) is 7.70. The third-order valence-electron chi connectivity index (χ3n) is 3.49. The number of carbonyl (C=O) groups excluding carboxylic acids is 1. The molecule has 0 fully saturated rings. The summed E-state index contributed by atoms with van der Waals surface area (Å²) in [5.41, 5.74) is 6.41. The summed E-state index contributed by atoms with van der Waals surface area (Å²) in [6.07, 6.45) is 6.82. The van der Waals surface area contributed by atoms with E-state index >= 15 is 0 Å². The van der Waals surface area contributed by atoms with Crippen molar-refractivity contribution in [1.29, 1.82) is 0 Å². The molecule has 0 heterocycles. The van der Waals surface area contributed by atoms with E-state index in [4.69, 9.17) is 17.0 Å². The fourth-order valence-electron chi connectivity index (χ4n) is 2.25. The van der Waals surface area contributed by atoms with Gasteiger partial charge < -0.3 is 10.1 Å². The lowest BCUT2D eigenvalue weighted by Crippen LogP contribution is -2.46. The van der Waals surface area contributed by atoms with Crippen molar-refractivity contribution in [2.75, 3.05) is 7.11 Å². The molecule has 0 radical (unpaired) electrons. The number of hydrogen-bond acceptors (Lipinski definition) is 3. The summed E-state index contributed by atoms with van der Waals surface area (Å²) in [7, 11) is 1.64. The number of ether oxygens (including phenoxy) is 1. The van der Waals surface area contributed by atoms with Crippen LogP contribution in [0.4, 0.5) is 0 Å². The predicted octanol–water partition coefficient (Wildman–Crippen LogP) is 2.05. The quantitative estimate of drug-likeness (QED) is 0.440. The van der Waals surface area contributed by atoms with Gasteiger partial charge in [-0.25, -0.2) is 0 Å². The zero-order valence-corrected chi connectivity index (χ0v) is 13.4. The fraction of sp³-hybridized carbons (Fsp3) is 0.375. The van der Waals surface area contributed by atoms with Crippen LogP contribution in [0.25, 0.3) is 0 Å². The van der Waals surface area contributed by atoms with Crippen molar-refractivity contribution in [1.82, 2.24) is 16.2 Å². The first-order valence-electron chi connectivity index (χ1n) is 7.29. The highest BCUT2D eigenvalue weighted by Crippen LogP contribution is 2.19. The van der Waals surface area contributed by atoms with Gasteiger partial charge in [-0.1, -0.05) is 24.3 Å². The molecule has 22 heavy (non-hydrogen) atoms. The first kappa shape index (κ1) is 16.3. The van der Waals surface area contributed by atoms with Crippen molar-refractivity contribution in [3.63, 3.8) is 0 Å². The van der Waals surface area contributed by atoms with Gasteiger partial charge in [0.05, 0.1) is 7.11 Å². The average Bonchev–Trinajstić information content (AvgIpc) is 3.04. The summed E-state index contributed by atoms with van der Waals surface area (Å²) in [6.45, 7) is 0.580. The molecule has 1 aromatic carbocycles. The van der Waals surface area contributed by atoms with Crippen LogP contribution in [0.1, 0.15) is 24.8 Å². The molecular weight excluding hydrogens is 298 g/mol. The molecule has 0 unspecified atom stereocenters. The number of nitrogens with one attached hydrogen (secondary N) is 3. The van der Waals surface area contributed by atoms with E-state index in [0.717, 1.165) is 24.2 Å². The predicted molar refractivity (Wildman–Crippen MR) is 90.2 cm³/mol. The Hall–Kier alpha value is -2.08. The van der Waals surface area contributed by atoms with Crippen LogP contribution in [0.2, 0.25) is 0 Å².